The van der Waals surface area contributed by atoms with Crippen molar-refractivity contribution < 1.29 is 9.53 Å². The summed E-state index contributed by atoms with van der Waals surface area (Å²) in [5.41, 5.74) is 2.18. The molecule has 0 spiro atoms. The van der Waals surface area contributed by atoms with Crippen LogP contribution in [-0.4, -0.2) is 58.1 Å². The highest BCUT2D eigenvalue weighted by Crippen LogP contribution is 2.37. The quantitative estimate of drug-likeness (QED) is 0.406. The van der Waals surface area contributed by atoms with Crippen LogP contribution < -0.4 is 0 Å². The van der Waals surface area contributed by atoms with E-state index in [0.717, 1.165) is 22.2 Å². The molecule has 1 aliphatic heterocycles. The van der Waals surface area contributed by atoms with Crippen molar-refractivity contribution in [2.24, 2.45) is 0 Å². The molecule has 2 aromatic carbocycles. The number of rotatable bonds is 2. The van der Waals surface area contributed by atoms with Crippen LogP contribution in [0, 0.1) is 11.3 Å². The van der Waals surface area contributed by atoms with E-state index >= 15 is 0 Å². The molecule has 0 radical (unpaired) electrons. The van der Waals surface area contributed by atoms with Gasteiger partial charge in [0.15, 0.2) is 0 Å². The Balaban J connectivity index is 0.000000795. The molecule has 0 aliphatic carbocycles. The van der Waals surface area contributed by atoms with E-state index in [1.807, 2.05) is 77.3 Å². The van der Waals surface area contributed by atoms with Gasteiger partial charge in [0.25, 0.3) is 0 Å². The Kier molecular flexibility index (Phi) is 8.37. The van der Waals surface area contributed by atoms with Gasteiger partial charge in [0.2, 0.25) is 0 Å². The highest BCUT2D eigenvalue weighted by molar-refractivity contribution is 7.77. The van der Waals surface area contributed by atoms with Crippen LogP contribution >= 0.6 is 24.4 Å². The Labute approximate surface area is 217 Å². The maximum Gasteiger partial charge on any atom is 0.410 e. The molecule has 7 nitrogen and oxygen atoms in total. The fraction of sp³-hybridized carbons (Fsp3) is 0.423. The monoisotopic (exact) mass is 513 g/mol. The van der Waals surface area contributed by atoms with Crippen LogP contribution in [0.25, 0.3) is 22.2 Å². The van der Waals surface area contributed by atoms with E-state index in [1.165, 1.54) is 0 Å². The first-order chi connectivity index (χ1) is 16.4. The molecule has 0 unspecified atom stereocenters. The molecule has 1 aliphatic rings. The van der Waals surface area contributed by atoms with E-state index in [2.05, 4.69) is 23.9 Å². The molecule has 0 saturated carbocycles. The maximum absolute atomic E-state index is 12.4. The molecule has 1 N–H and O–H groups in total. The average molecular weight is 514 g/mol. The van der Waals surface area contributed by atoms with Gasteiger partial charge >= 0.3 is 6.09 Å². The molecular weight excluding hydrogens is 482 g/mol. The van der Waals surface area contributed by atoms with Gasteiger partial charge in [-0.05, 0) is 65.4 Å². The lowest BCUT2D eigenvalue weighted by Gasteiger charge is -2.36. The second-order valence-electron chi connectivity index (χ2n) is 9.81. The zero-order chi connectivity index (χ0) is 25.8. The summed E-state index contributed by atoms with van der Waals surface area (Å²) in [4.78, 5) is 22.3. The molecule has 1 amide bonds. The van der Waals surface area contributed by atoms with E-state index in [0.29, 0.717) is 36.8 Å². The lowest BCUT2D eigenvalue weighted by atomic mass is 9.79. The normalized spacial score (nSPS) is 15.3. The van der Waals surface area contributed by atoms with Crippen molar-refractivity contribution in [2.75, 3.05) is 27.2 Å². The first-order valence-electron chi connectivity index (χ1n) is 11.4. The van der Waals surface area contributed by atoms with E-state index < -0.39 is 11.0 Å². The molecule has 35 heavy (non-hydrogen) atoms. The number of likely N-dealkylation sites (tertiary alicyclic amines) is 1. The molecule has 2 heterocycles. The van der Waals surface area contributed by atoms with Gasteiger partial charge < -0.3 is 14.6 Å². The summed E-state index contributed by atoms with van der Waals surface area (Å²) in [6, 6.07) is 16.1. The molecule has 1 aromatic heterocycles. The zero-order valence-electron chi connectivity index (χ0n) is 20.8. The van der Waals surface area contributed by atoms with Crippen molar-refractivity contribution in [2.45, 2.75) is 44.6 Å². The van der Waals surface area contributed by atoms with Gasteiger partial charge in [-0.1, -0.05) is 54.7 Å². The van der Waals surface area contributed by atoms with Gasteiger partial charge in [-0.15, -0.1) is 0 Å². The first kappa shape index (κ1) is 26.9. The van der Waals surface area contributed by atoms with Gasteiger partial charge in [-0.25, -0.2) is 9.78 Å². The predicted octanol–water partition coefficient (Wildman–Crippen LogP) is 6.07. The molecule has 186 valence electrons. The van der Waals surface area contributed by atoms with Crippen LogP contribution in [0.15, 0.2) is 42.5 Å². The number of amides is 1. The molecule has 1 saturated heterocycles. The lowest BCUT2D eigenvalue weighted by Crippen LogP contribution is -2.46. The molecular formula is C26H32ClN5O2S. The molecule has 1 fully saturated rings. The molecule has 0 bridgehead atoms. The third kappa shape index (κ3) is 6.69. The Morgan fingerprint density at radius 2 is 1.83 bits per heavy atom. The zero-order valence-corrected chi connectivity index (χ0v) is 22.5. The average Bonchev–Trinajstić information content (AvgIpc) is 3.22. The minimum absolute atomic E-state index is 0.346. The lowest BCUT2D eigenvalue weighted by molar-refractivity contribution is 0.0182. The van der Waals surface area contributed by atoms with Gasteiger partial charge in [-0.3, -0.25) is 4.31 Å². The second-order valence-corrected chi connectivity index (χ2v) is 11.0. The number of ether oxygens (including phenoxy) is 1. The number of nitrogens with one attached hydrogen (secondary N) is 1. The SMILES string of the molecule is CC(C)(C)OC(=O)N1CCC(C#N)(c2nc3c(-c4ccccc4)cc(Cl)cc3[nH]2)CC1.CN(C)S. The number of benzene rings is 2. The van der Waals surface area contributed by atoms with Crippen LogP contribution in [0.3, 0.4) is 0 Å². The number of thiol groups is 1. The van der Waals surface area contributed by atoms with E-state index in [-0.39, 0.29) is 6.09 Å². The number of H-pyrrole nitrogens is 1. The van der Waals surface area contributed by atoms with Crippen molar-refractivity contribution in [3.8, 4) is 17.2 Å². The second kappa shape index (κ2) is 10.9. The van der Waals surface area contributed by atoms with Crippen molar-refractivity contribution in [3.63, 3.8) is 0 Å². The summed E-state index contributed by atoms with van der Waals surface area (Å²) in [6.07, 6.45) is 0.621. The summed E-state index contributed by atoms with van der Waals surface area (Å²) in [5.74, 6) is 0.619. The number of nitriles is 1. The standard InChI is InChI=1S/C24H25ClN4O2.C2H7NS/c1-23(2,3)31-22(30)29-11-9-24(15-26,10-12-29)21-27-19-14-17(25)13-18(20(19)28-21)16-7-5-4-6-8-16;1-3(2)4/h4-8,13-14H,9-12H2,1-3H3,(H,27,28);4H,1-2H3. The number of hydrogen-bond acceptors (Lipinski definition) is 6. The number of nitrogens with zero attached hydrogens (tertiary/aromatic N) is 4. The maximum atomic E-state index is 12.4. The van der Waals surface area contributed by atoms with Gasteiger partial charge in [0.1, 0.15) is 16.8 Å². The van der Waals surface area contributed by atoms with Crippen LogP contribution in [-0.2, 0) is 10.2 Å². The van der Waals surface area contributed by atoms with Crippen molar-refractivity contribution >= 4 is 41.5 Å². The Bertz CT molecular complexity index is 1200. The van der Waals surface area contributed by atoms with Crippen LogP contribution in [0.1, 0.15) is 39.4 Å². The molecule has 3 aromatic rings. The highest BCUT2D eigenvalue weighted by atomic mass is 35.5. The number of piperidine rings is 1. The van der Waals surface area contributed by atoms with Gasteiger partial charge in [-0.2, -0.15) is 5.26 Å². The summed E-state index contributed by atoms with van der Waals surface area (Å²) in [6.45, 7) is 6.41. The predicted molar refractivity (Wildman–Crippen MR) is 144 cm³/mol. The topological polar surface area (TPSA) is 85.2 Å². The number of aromatic nitrogens is 2. The smallest absolute Gasteiger partial charge is 0.410 e. The summed E-state index contributed by atoms with van der Waals surface area (Å²) >= 11 is 10.2. The van der Waals surface area contributed by atoms with Crippen LogP contribution in [0.4, 0.5) is 4.79 Å². The summed E-state index contributed by atoms with van der Waals surface area (Å²) in [7, 11) is 3.73. The summed E-state index contributed by atoms with van der Waals surface area (Å²) in [5, 5.41) is 10.7. The van der Waals surface area contributed by atoms with Crippen molar-refractivity contribution in [3.05, 3.63) is 53.3 Å². The van der Waals surface area contributed by atoms with E-state index in [9.17, 15) is 10.1 Å². The molecule has 4 rings (SSSR count). The minimum atomic E-state index is -0.794. The fourth-order valence-electron chi connectivity index (χ4n) is 3.95. The van der Waals surface area contributed by atoms with Crippen LogP contribution in [0.2, 0.25) is 5.02 Å². The molecule has 0 atom stereocenters. The molecule has 9 heteroatoms. The van der Waals surface area contributed by atoms with E-state index in [4.69, 9.17) is 21.3 Å². The number of hydrogen-bond donors (Lipinski definition) is 2. The van der Waals surface area contributed by atoms with Crippen molar-refractivity contribution in [1.29, 1.82) is 5.26 Å². The highest BCUT2D eigenvalue weighted by Gasteiger charge is 2.41. The van der Waals surface area contributed by atoms with E-state index in [1.54, 1.807) is 9.21 Å². The Morgan fingerprint density at radius 3 is 2.37 bits per heavy atom. The first-order valence-corrected chi connectivity index (χ1v) is 12.2. The van der Waals surface area contributed by atoms with Gasteiger partial charge in [0.05, 0.1) is 17.1 Å². The number of imidazole rings is 1. The number of carbonyl (C=O) groups excluding carboxylic acids is 1. The third-order valence-electron chi connectivity index (χ3n) is 5.57. The number of halogens is 1. The minimum Gasteiger partial charge on any atom is -0.444 e. The number of aromatic amines is 1. The van der Waals surface area contributed by atoms with Crippen LogP contribution in [0.5, 0.6) is 0 Å². The third-order valence-corrected chi connectivity index (χ3v) is 5.79. The van der Waals surface area contributed by atoms with Crippen molar-refractivity contribution in [1.82, 2.24) is 19.2 Å². The largest absolute Gasteiger partial charge is 0.444 e. The van der Waals surface area contributed by atoms with Gasteiger partial charge in [0, 0.05) is 23.7 Å². The Morgan fingerprint density at radius 1 is 1.23 bits per heavy atom. The fourth-order valence-corrected chi connectivity index (χ4v) is 4.16. The summed E-state index contributed by atoms with van der Waals surface area (Å²) < 4.78 is 7.17. The Hall–Kier alpha value is -2.73. The number of carbonyl (C=O) groups is 1. The number of fused-ring (bicyclic) bond motifs is 1.